The van der Waals surface area contributed by atoms with Crippen LogP contribution in [0.2, 0.25) is 5.02 Å². The van der Waals surface area contributed by atoms with Crippen LogP contribution in [0.5, 0.6) is 0 Å². The number of benzene rings is 1. The lowest BCUT2D eigenvalue weighted by atomic mass is 10.1. The Bertz CT molecular complexity index is 260. The summed E-state index contributed by atoms with van der Waals surface area (Å²) >= 11 is 8.67. The van der Waals surface area contributed by atoms with Crippen molar-refractivity contribution in [2.75, 3.05) is 5.33 Å². The zero-order valence-corrected chi connectivity index (χ0v) is 8.44. The molecule has 1 rings (SSSR count). The van der Waals surface area contributed by atoms with Crippen LogP contribution in [0.4, 0.5) is 4.39 Å². The number of aliphatic hydroxyl groups excluding tert-OH is 1. The van der Waals surface area contributed by atoms with E-state index in [0.717, 1.165) is 0 Å². The minimum absolute atomic E-state index is 0.296. The van der Waals surface area contributed by atoms with Gasteiger partial charge >= 0.3 is 0 Å². The molecule has 0 amide bonds. The number of alkyl halides is 1. The molecular formula is C8H7BrClFO. The standard InChI is InChI=1S/C8H7BrClFO/c9-4-8(12)5-1-6(10)3-7(11)2-5/h1-3,8,12H,4H2. The molecule has 1 atom stereocenters. The summed E-state index contributed by atoms with van der Waals surface area (Å²) in [5, 5.41) is 9.97. The van der Waals surface area contributed by atoms with E-state index >= 15 is 0 Å². The van der Waals surface area contributed by atoms with Crippen LogP contribution in [0, 0.1) is 5.82 Å². The molecule has 1 unspecified atom stereocenters. The van der Waals surface area contributed by atoms with Crippen molar-refractivity contribution in [1.82, 2.24) is 0 Å². The van der Waals surface area contributed by atoms with Crippen molar-refractivity contribution in [3.05, 3.63) is 34.6 Å². The maximum absolute atomic E-state index is 12.7. The van der Waals surface area contributed by atoms with Crippen LogP contribution in [-0.4, -0.2) is 10.4 Å². The van der Waals surface area contributed by atoms with Gasteiger partial charge in [-0.2, -0.15) is 0 Å². The van der Waals surface area contributed by atoms with Gasteiger partial charge in [-0.3, -0.25) is 0 Å². The molecule has 4 heteroatoms. The molecule has 1 nitrogen and oxygen atoms in total. The fraction of sp³-hybridized carbons (Fsp3) is 0.250. The molecule has 0 aliphatic rings. The van der Waals surface area contributed by atoms with Crippen LogP contribution in [0.3, 0.4) is 0 Å². The predicted octanol–water partition coefficient (Wildman–Crippen LogP) is 2.91. The summed E-state index contributed by atoms with van der Waals surface area (Å²) in [6, 6.07) is 4.00. The van der Waals surface area contributed by atoms with E-state index in [-0.39, 0.29) is 0 Å². The van der Waals surface area contributed by atoms with Crippen molar-refractivity contribution in [2.24, 2.45) is 0 Å². The molecule has 0 fully saturated rings. The van der Waals surface area contributed by atoms with Crippen LogP contribution in [0.15, 0.2) is 18.2 Å². The third-order valence-corrected chi connectivity index (χ3v) is 2.25. The fourth-order valence-corrected chi connectivity index (χ4v) is 1.46. The molecule has 0 radical (unpaired) electrons. The van der Waals surface area contributed by atoms with E-state index in [0.29, 0.717) is 15.9 Å². The van der Waals surface area contributed by atoms with Gasteiger partial charge in [0.25, 0.3) is 0 Å². The number of hydrogen-bond acceptors (Lipinski definition) is 1. The smallest absolute Gasteiger partial charge is 0.125 e. The minimum atomic E-state index is -0.710. The summed E-state index contributed by atoms with van der Waals surface area (Å²) in [6.45, 7) is 0. The second-order valence-corrected chi connectivity index (χ2v) is 3.46. The largest absolute Gasteiger partial charge is 0.388 e. The fourth-order valence-electron chi connectivity index (χ4n) is 0.857. The summed E-state index contributed by atoms with van der Waals surface area (Å²) in [6.07, 6.45) is -0.710. The molecule has 66 valence electrons. The van der Waals surface area contributed by atoms with E-state index in [4.69, 9.17) is 11.6 Å². The van der Waals surface area contributed by atoms with Gasteiger partial charge in [0.15, 0.2) is 0 Å². The Morgan fingerprint density at radius 1 is 1.50 bits per heavy atom. The van der Waals surface area contributed by atoms with Crippen molar-refractivity contribution < 1.29 is 9.50 Å². The number of halogens is 3. The van der Waals surface area contributed by atoms with E-state index in [1.807, 2.05) is 0 Å². The lowest BCUT2D eigenvalue weighted by Crippen LogP contribution is -1.98. The maximum atomic E-state index is 12.7. The van der Waals surface area contributed by atoms with E-state index < -0.39 is 11.9 Å². The average molecular weight is 253 g/mol. The second-order valence-electron chi connectivity index (χ2n) is 2.37. The van der Waals surface area contributed by atoms with Gasteiger partial charge in [0.2, 0.25) is 0 Å². The van der Waals surface area contributed by atoms with Gasteiger partial charge in [0, 0.05) is 10.4 Å². The third-order valence-electron chi connectivity index (χ3n) is 1.42. The first kappa shape index (κ1) is 9.96. The molecule has 0 aromatic heterocycles. The molecule has 0 bridgehead atoms. The molecule has 12 heavy (non-hydrogen) atoms. The SMILES string of the molecule is OC(CBr)c1cc(F)cc(Cl)c1. The van der Waals surface area contributed by atoms with Crippen LogP contribution in [0.1, 0.15) is 11.7 Å². The minimum Gasteiger partial charge on any atom is -0.388 e. The molecular weight excluding hydrogens is 246 g/mol. The highest BCUT2D eigenvalue weighted by Crippen LogP contribution is 2.20. The maximum Gasteiger partial charge on any atom is 0.125 e. The molecule has 0 saturated carbocycles. The predicted molar refractivity (Wildman–Crippen MR) is 50.2 cm³/mol. The van der Waals surface area contributed by atoms with Crippen LogP contribution in [-0.2, 0) is 0 Å². The Morgan fingerprint density at radius 2 is 2.17 bits per heavy atom. The zero-order valence-electron chi connectivity index (χ0n) is 6.10. The topological polar surface area (TPSA) is 20.2 Å². The number of hydrogen-bond donors (Lipinski definition) is 1. The Hall–Kier alpha value is -0.120. The summed E-state index contributed by atoms with van der Waals surface area (Å²) in [5.74, 6) is -0.433. The van der Waals surface area contributed by atoms with E-state index in [9.17, 15) is 9.50 Å². The summed E-state index contributed by atoms with van der Waals surface area (Å²) in [4.78, 5) is 0. The Balaban J connectivity index is 3.00. The van der Waals surface area contributed by atoms with Crippen LogP contribution >= 0.6 is 27.5 Å². The monoisotopic (exact) mass is 252 g/mol. The molecule has 1 aromatic rings. The van der Waals surface area contributed by atoms with Gasteiger partial charge in [-0.15, -0.1) is 0 Å². The summed E-state index contributed by atoms with van der Waals surface area (Å²) in [7, 11) is 0. The lowest BCUT2D eigenvalue weighted by molar-refractivity contribution is 0.205. The molecule has 0 aliphatic heterocycles. The van der Waals surface area contributed by atoms with Crippen LogP contribution < -0.4 is 0 Å². The molecule has 0 aliphatic carbocycles. The van der Waals surface area contributed by atoms with Crippen molar-refractivity contribution in [1.29, 1.82) is 0 Å². The first-order valence-electron chi connectivity index (χ1n) is 3.33. The lowest BCUT2D eigenvalue weighted by Gasteiger charge is -2.07. The van der Waals surface area contributed by atoms with E-state index in [1.54, 1.807) is 0 Å². The van der Waals surface area contributed by atoms with Crippen molar-refractivity contribution in [2.45, 2.75) is 6.10 Å². The van der Waals surface area contributed by atoms with Gasteiger partial charge in [-0.1, -0.05) is 27.5 Å². The molecule has 1 aromatic carbocycles. The summed E-state index contributed by atoms with van der Waals surface area (Å²) < 4.78 is 12.7. The van der Waals surface area contributed by atoms with Gasteiger partial charge in [-0.05, 0) is 23.8 Å². The van der Waals surface area contributed by atoms with Gasteiger partial charge in [-0.25, -0.2) is 4.39 Å². The Kier molecular flexibility index (Phi) is 3.50. The molecule has 0 heterocycles. The number of rotatable bonds is 2. The highest BCUT2D eigenvalue weighted by atomic mass is 79.9. The van der Waals surface area contributed by atoms with E-state index in [1.165, 1.54) is 18.2 Å². The average Bonchev–Trinajstić information content (AvgIpc) is 2.01. The highest BCUT2D eigenvalue weighted by Gasteiger charge is 2.07. The molecule has 0 saturated heterocycles. The van der Waals surface area contributed by atoms with Crippen LogP contribution in [0.25, 0.3) is 0 Å². The number of aliphatic hydroxyl groups is 1. The Labute approximate surface area is 83.3 Å². The third kappa shape index (κ3) is 2.44. The van der Waals surface area contributed by atoms with E-state index in [2.05, 4.69) is 15.9 Å². The second kappa shape index (κ2) is 4.21. The normalized spacial score (nSPS) is 13.0. The van der Waals surface area contributed by atoms with Crippen molar-refractivity contribution in [3.8, 4) is 0 Å². The highest BCUT2D eigenvalue weighted by molar-refractivity contribution is 9.09. The first-order valence-corrected chi connectivity index (χ1v) is 4.83. The Morgan fingerprint density at radius 3 is 2.67 bits per heavy atom. The molecule has 0 spiro atoms. The van der Waals surface area contributed by atoms with Crippen molar-refractivity contribution in [3.63, 3.8) is 0 Å². The first-order chi connectivity index (χ1) is 5.63. The summed E-state index contributed by atoms with van der Waals surface area (Å²) in [5.41, 5.74) is 0.483. The molecule has 1 N–H and O–H groups in total. The van der Waals surface area contributed by atoms with Gasteiger partial charge in [0.05, 0.1) is 6.10 Å². The zero-order chi connectivity index (χ0) is 9.14. The van der Waals surface area contributed by atoms with Gasteiger partial charge in [0.1, 0.15) is 5.82 Å². The van der Waals surface area contributed by atoms with Gasteiger partial charge < -0.3 is 5.11 Å². The quantitative estimate of drug-likeness (QED) is 0.804. The van der Waals surface area contributed by atoms with Crippen molar-refractivity contribution >= 4 is 27.5 Å².